The summed E-state index contributed by atoms with van der Waals surface area (Å²) in [5.74, 6) is -1.03. The number of ether oxygens (including phenoxy) is 1. The van der Waals surface area contributed by atoms with E-state index in [0.29, 0.717) is 12.8 Å². The predicted molar refractivity (Wildman–Crippen MR) is 91.3 cm³/mol. The summed E-state index contributed by atoms with van der Waals surface area (Å²) in [6.07, 6.45) is -1.96. The molecule has 152 valence electrons. The van der Waals surface area contributed by atoms with Crippen LogP contribution in [0.3, 0.4) is 0 Å². The van der Waals surface area contributed by atoms with E-state index in [4.69, 9.17) is 4.74 Å². The third-order valence-electron chi connectivity index (χ3n) is 4.23. The Morgan fingerprint density at radius 1 is 1.14 bits per heavy atom. The molecule has 6 nitrogen and oxygen atoms in total. The van der Waals surface area contributed by atoms with Crippen LogP contribution in [0.25, 0.3) is 0 Å². The maximum Gasteiger partial charge on any atom is 0.416 e. The summed E-state index contributed by atoms with van der Waals surface area (Å²) in [6, 6.07) is 3.99. The van der Waals surface area contributed by atoms with Crippen LogP contribution >= 0.6 is 0 Å². The molecule has 0 spiro atoms. The molecule has 1 fully saturated rings. The van der Waals surface area contributed by atoms with Gasteiger partial charge in [0.25, 0.3) is 0 Å². The first-order valence-electron chi connectivity index (χ1n) is 8.42. The van der Waals surface area contributed by atoms with E-state index in [9.17, 15) is 26.0 Å². The van der Waals surface area contributed by atoms with Crippen LogP contribution in [0.15, 0.2) is 36.7 Å². The molecule has 28 heavy (non-hydrogen) atoms. The van der Waals surface area contributed by atoms with Crippen molar-refractivity contribution in [3.63, 3.8) is 0 Å². The van der Waals surface area contributed by atoms with Crippen LogP contribution in [0.1, 0.15) is 24.0 Å². The monoisotopic (exact) mass is 419 g/mol. The molecular weight excluding hydrogens is 402 g/mol. The molecule has 0 unspecified atom stereocenters. The van der Waals surface area contributed by atoms with E-state index in [2.05, 4.69) is 9.97 Å². The van der Waals surface area contributed by atoms with Crippen LogP contribution in [0.2, 0.25) is 0 Å². The second kappa shape index (κ2) is 8.00. The van der Waals surface area contributed by atoms with Crippen LogP contribution < -0.4 is 4.74 Å². The molecule has 1 aromatic carbocycles. The number of hydrogen-bond acceptors (Lipinski definition) is 5. The van der Waals surface area contributed by atoms with E-state index in [1.54, 1.807) is 0 Å². The van der Waals surface area contributed by atoms with Crippen molar-refractivity contribution >= 4 is 10.0 Å². The molecule has 1 aromatic heterocycles. The minimum Gasteiger partial charge on any atom is -0.459 e. The number of alkyl halides is 3. The fraction of sp³-hybridized carbons (Fsp3) is 0.412. The molecule has 1 aliphatic rings. The molecule has 0 radical (unpaired) electrons. The van der Waals surface area contributed by atoms with Gasteiger partial charge in [0.1, 0.15) is 6.10 Å². The molecule has 11 heteroatoms. The number of piperidine rings is 1. The van der Waals surface area contributed by atoms with E-state index in [-0.39, 0.29) is 24.7 Å². The minimum atomic E-state index is -4.47. The minimum absolute atomic E-state index is 0.0478. The van der Waals surface area contributed by atoms with Gasteiger partial charge in [-0.3, -0.25) is 0 Å². The smallest absolute Gasteiger partial charge is 0.416 e. The SMILES string of the molecule is O=S(=O)(Cc1ccc(C(F)(F)F)cc1)N1CCC[C@@H](Oc2ncc(F)cn2)C1. The summed E-state index contributed by atoms with van der Waals surface area (Å²) in [5, 5.41) is 0. The molecule has 0 N–H and O–H groups in total. The highest BCUT2D eigenvalue weighted by Gasteiger charge is 2.32. The zero-order valence-electron chi connectivity index (χ0n) is 14.6. The van der Waals surface area contributed by atoms with Crippen LogP contribution in [0.4, 0.5) is 17.6 Å². The first-order chi connectivity index (χ1) is 13.1. The Morgan fingerprint density at radius 2 is 1.79 bits per heavy atom. The van der Waals surface area contributed by atoms with Gasteiger partial charge in [0.2, 0.25) is 10.0 Å². The fourth-order valence-electron chi connectivity index (χ4n) is 2.86. The summed E-state index contributed by atoms with van der Waals surface area (Å²) in [7, 11) is -3.75. The standard InChI is InChI=1S/C17H17F4N3O3S/c18-14-8-22-16(23-9-14)27-15-2-1-7-24(10-15)28(25,26)11-12-3-5-13(6-4-12)17(19,20)21/h3-6,8-9,15H,1-2,7,10-11H2/t15-/m1/s1. The molecule has 0 aliphatic carbocycles. The van der Waals surface area contributed by atoms with Crippen molar-refractivity contribution in [1.29, 1.82) is 0 Å². The normalized spacial score (nSPS) is 18.8. The van der Waals surface area contributed by atoms with Gasteiger partial charge < -0.3 is 4.74 Å². The van der Waals surface area contributed by atoms with Crippen LogP contribution in [-0.4, -0.2) is 41.9 Å². The molecule has 2 aromatic rings. The summed E-state index contributed by atoms with van der Waals surface area (Å²) in [6.45, 7) is 0.344. The topological polar surface area (TPSA) is 72.4 Å². The zero-order valence-corrected chi connectivity index (χ0v) is 15.4. The molecule has 3 rings (SSSR count). The Labute approximate surface area is 159 Å². The second-order valence-corrected chi connectivity index (χ2v) is 8.34. The van der Waals surface area contributed by atoms with Gasteiger partial charge in [0.05, 0.1) is 30.3 Å². The molecule has 2 heterocycles. The number of aromatic nitrogens is 2. The van der Waals surface area contributed by atoms with Gasteiger partial charge >= 0.3 is 12.2 Å². The van der Waals surface area contributed by atoms with E-state index in [1.807, 2.05) is 0 Å². The third kappa shape index (κ3) is 5.16. The van der Waals surface area contributed by atoms with Crippen molar-refractivity contribution in [2.75, 3.05) is 13.1 Å². The maximum atomic E-state index is 12.9. The first-order valence-corrected chi connectivity index (χ1v) is 10.0. The van der Waals surface area contributed by atoms with E-state index >= 15 is 0 Å². The molecular formula is C17H17F4N3O3S. The number of benzene rings is 1. The summed E-state index contributed by atoms with van der Waals surface area (Å²) in [4.78, 5) is 7.37. The number of halogens is 4. The van der Waals surface area contributed by atoms with Crippen molar-refractivity contribution < 1.29 is 30.7 Å². The fourth-order valence-corrected chi connectivity index (χ4v) is 4.45. The Morgan fingerprint density at radius 3 is 2.39 bits per heavy atom. The van der Waals surface area contributed by atoms with Crippen molar-refractivity contribution in [3.8, 4) is 6.01 Å². The van der Waals surface area contributed by atoms with Crippen LogP contribution in [0.5, 0.6) is 6.01 Å². The molecule has 1 atom stereocenters. The van der Waals surface area contributed by atoms with Gasteiger partial charge in [0, 0.05) is 6.54 Å². The lowest BCUT2D eigenvalue weighted by Gasteiger charge is -2.31. The Bertz CT molecular complexity index is 903. The van der Waals surface area contributed by atoms with Crippen LogP contribution in [0, 0.1) is 5.82 Å². The Hall–Kier alpha value is -2.27. The number of hydrogen-bond donors (Lipinski definition) is 0. The number of nitrogens with zero attached hydrogens (tertiary/aromatic N) is 3. The number of sulfonamides is 1. The quantitative estimate of drug-likeness (QED) is 0.697. The van der Waals surface area contributed by atoms with E-state index < -0.39 is 39.4 Å². The predicted octanol–water partition coefficient (Wildman–Crippen LogP) is 3.01. The van der Waals surface area contributed by atoms with Gasteiger partial charge in [-0.15, -0.1) is 0 Å². The van der Waals surface area contributed by atoms with Crippen molar-refractivity contribution in [2.45, 2.75) is 30.9 Å². The summed E-state index contributed by atoms with van der Waals surface area (Å²) in [5.41, 5.74) is -0.572. The average molecular weight is 419 g/mol. The largest absolute Gasteiger partial charge is 0.459 e. The molecule has 0 saturated carbocycles. The molecule has 1 saturated heterocycles. The van der Waals surface area contributed by atoms with Gasteiger partial charge in [-0.25, -0.2) is 22.8 Å². The molecule has 0 bridgehead atoms. The third-order valence-corrected chi connectivity index (χ3v) is 6.05. The maximum absolute atomic E-state index is 12.9. The van der Waals surface area contributed by atoms with Crippen LogP contribution in [-0.2, 0) is 22.0 Å². The Balaban J connectivity index is 1.65. The van der Waals surface area contributed by atoms with Gasteiger partial charge in [-0.05, 0) is 30.5 Å². The molecule has 1 aliphatic heterocycles. The van der Waals surface area contributed by atoms with Crippen molar-refractivity contribution in [2.24, 2.45) is 0 Å². The van der Waals surface area contributed by atoms with Crippen molar-refractivity contribution in [3.05, 3.63) is 53.6 Å². The lowest BCUT2D eigenvalue weighted by atomic mass is 10.1. The summed E-state index contributed by atoms with van der Waals surface area (Å²) >= 11 is 0. The number of rotatable bonds is 5. The van der Waals surface area contributed by atoms with Gasteiger partial charge in [-0.1, -0.05) is 12.1 Å². The van der Waals surface area contributed by atoms with Gasteiger partial charge in [0.15, 0.2) is 5.82 Å². The highest BCUT2D eigenvalue weighted by Crippen LogP contribution is 2.29. The summed E-state index contributed by atoms with van der Waals surface area (Å²) < 4.78 is 82.8. The lowest BCUT2D eigenvalue weighted by Crippen LogP contribution is -2.44. The second-order valence-electron chi connectivity index (χ2n) is 6.37. The first kappa shape index (κ1) is 20.5. The Kier molecular flexibility index (Phi) is 5.84. The zero-order chi connectivity index (χ0) is 20.4. The highest BCUT2D eigenvalue weighted by atomic mass is 32.2. The highest BCUT2D eigenvalue weighted by molar-refractivity contribution is 7.88. The van der Waals surface area contributed by atoms with Gasteiger partial charge in [-0.2, -0.15) is 17.5 Å². The van der Waals surface area contributed by atoms with E-state index in [0.717, 1.165) is 36.7 Å². The van der Waals surface area contributed by atoms with Crippen molar-refractivity contribution in [1.82, 2.24) is 14.3 Å². The average Bonchev–Trinajstić information content (AvgIpc) is 2.63. The van der Waals surface area contributed by atoms with E-state index in [1.165, 1.54) is 4.31 Å². The lowest BCUT2D eigenvalue weighted by molar-refractivity contribution is -0.137. The molecule has 0 amide bonds.